The third-order valence-corrected chi connectivity index (χ3v) is 3.33. The highest BCUT2D eigenvalue weighted by Crippen LogP contribution is 2.32. The number of carboxylic acid groups (broad SMARTS) is 1. The van der Waals surface area contributed by atoms with E-state index in [1.807, 2.05) is 16.7 Å². The lowest BCUT2D eigenvalue weighted by Gasteiger charge is -2.12. The van der Waals surface area contributed by atoms with Crippen LogP contribution in [0.2, 0.25) is 0 Å². The van der Waals surface area contributed by atoms with Crippen molar-refractivity contribution in [3.05, 3.63) is 24.8 Å². The standard InChI is InChI=1S/C12H13N5O2/c13-11-10-12(15-5-14-11)17(6-16-10)8-2-1-7(3-8)4-9(18)19/h1-2,5-8H,3-4H2,(H,18,19)(H2,13,14,15)/t7-,8-/m0/s1. The summed E-state index contributed by atoms with van der Waals surface area (Å²) in [4.78, 5) is 23.0. The second kappa shape index (κ2) is 4.34. The molecule has 2 atom stereocenters. The molecule has 0 spiro atoms. The predicted molar refractivity (Wildman–Crippen MR) is 68.3 cm³/mol. The van der Waals surface area contributed by atoms with Crippen molar-refractivity contribution in [2.75, 3.05) is 5.73 Å². The molecular formula is C12H13N5O2. The number of aliphatic carboxylic acids is 1. The van der Waals surface area contributed by atoms with Gasteiger partial charge in [-0.3, -0.25) is 4.79 Å². The SMILES string of the molecule is Nc1ncnc2c1ncn2[C@H]1C=C[C@H](CC(=O)O)C1. The Bertz CT molecular complexity index is 663. The lowest BCUT2D eigenvalue weighted by atomic mass is 10.0. The molecule has 3 rings (SSSR count). The maximum Gasteiger partial charge on any atom is 0.303 e. The molecule has 0 fully saturated rings. The molecule has 3 N–H and O–H groups in total. The minimum Gasteiger partial charge on any atom is -0.481 e. The number of carboxylic acids is 1. The molecule has 0 amide bonds. The van der Waals surface area contributed by atoms with E-state index < -0.39 is 5.97 Å². The molecule has 0 bridgehead atoms. The van der Waals surface area contributed by atoms with E-state index in [9.17, 15) is 4.79 Å². The molecule has 19 heavy (non-hydrogen) atoms. The fraction of sp³-hybridized carbons (Fsp3) is 0.333. The first kappa shape index (κ1) is 11.6. The summed E-state index contributed by atoms with van der Waals surface area (Å²) in [5.74, 6) is -0.371. The van der Waals surface area contributed by atoms with Gasteiger partial charge < -0.3 is 15.4 Å². The van der Waals surface area contributed by atoms with Crippen LogP contribution < -0.4 is 5.73 Å². The van der Waals surface area contributed by atoms with Crippen LogP contribution in [-0.4, -0.2) is 30.6 Å². The van der Waals surface area contributed by atoms with E-state index in [1.165, 1.54) is 6.33 Å². The Labute approximate surface area is 108 Å². The molecule has 0 aromatic carbocycles. The van der Waals surface area contributed by atoms with Crippen LogP contribution in [0.15, 0.2) is 24.8 Å². The number of hydrogen-bond donors (Lipinski definition) is 2. The van der Waals surface area contributed by atoms with E-state index in [2.05, 4.69) is 15.0 Å². The topological polar surface area (TPSA) is 107 Å². The average molecular weight is 259 g/mol. The summed E-state index contributed by atoms with van der Waals surface area (Å²) in [6.45, 7) is 0. The molecule has 98 valence electrons. The minimum atomic E-state index is -0.780. The van der Waals surface area contributed by atoms with Gasteiger partial charge in [0.1, 0.15) is 11.8 Å². The third-order valence-electron chi connectivity index (χ3n) is 3.33. The summed E-state index contributed by atoms with van der Waals surface area (Å²) in [5, 5.41) is 8.81. The van der Waals surface area contributed by atoms with Crippen molar-refractivity contribution in [1.82, 2.24) is 19.5 Å². The molecule has 2 aromatic rings. The average Bonchev–Trinajstić information content (AvgIpc) is 2.95. The second-order valence-corrected chi connectivity index (χ2v) is 4.63. The number of nitrogens with two attached hydrogens (primary N) is 1. The molecule has 7 nitrogen and oxygen atoms in total. The summed E-state index contributed by atoms with van der Waals surface area (Å²) in [7, 11) is 0. The Morgan fingerprint density at radius 1 is 1.42 bits per heavy atom. The van der Waals surface area contributed by atoms with Crippen LogP contribution >= 0.6 is 0 Å². The van der Waals surface area contributed by atoms with E-state index in [-0.39, 0.29) is 18.4 Å². The molecular weight excluding hydrogens is 246 g/mol. The number of anilines is 1. The van der Waals surface area contributed by atoms with Crippen molar-refractivity contribution in [3.8, 4) is 0 Å². The van der Waals surface area contributed by atoms with E-state index >= 15 is 0 Å². The summed E-state index contributed by atoms with van der Waals surface area (Å²) in [6, 6.07) is 0.0728. The van der Waals surface area contributed by atoms with E-state index in [1.54, 1.807) is 6.33 Å². The van der Waals surface area contributed by atoms with Crippen LogP contribution in [0.4, 0.5) is 5.82 Å². The van der Waals surface area contributed by atoms with Gasteiger partial charge in [0, 0.05) is 0 Å². The van der Waals surface area contributed by atoms with Gasteiger partial charge >= 0.3 is 5.97 Å². The van der Waals surface area contributed by atoms with Gasteiger partial charge in [0.15, 0.2) is 11.5 Å². The molecule has 2 aromatic heterocycles. The maximum absolute atomic E-state index is 10.7. The summed E-state index contributed by atoms with van der Waals surface area (Å²) >= 11 is 0. The summed E-state index contributed by atoms with van der Waals surface area (Å²) in [6.07, 6.45) is 7.90. The summed E-state index contributed by atoms with van der Waals surface area (Å²) < 4.78 is 1.91. The Morgan fingerprint density at radius 2 is 2.26 bits per heavy atom. The van der Waals surface area contributed by atoms with Gasteiger partial charge in [-0.15, -0.1) is 0 Å². The summed E-state index contributed by atoms with van der Waals surface area (Å²) in [5.41, 5.74) is 7.00. The molecule has 7 heteroatoms. The molecule has 1 aliphatic rings. The third kappa shape index (κ3) is 2.03. The van der Waals surface area contributed by atoms with Crippen molar-refractivity contribution in [3.63, 3.8) is 0 Å². The van der Waals surface area contributed by atoms with Gasteiger partial charge in [0.25, 0.3) is 0 Å². The van der Waals surface area contributed by atoms with E-state index in [4.69, 9.17) is 10.8 Å². The van der Waals surface area contributed by atoms with Crippen LogP contribution in [0.1, 0.15) is 18.9 Å². The van der Waals surface area contributed by atoms with Crippen LogP contribution in [0.25, 0.3) is 11.2 Å². The number of imidazole rings is 1. The molecule has 0 radical (unpaired) electrons. The quantitative estimate of drug-likeness (QED) is 0.796. The van der Waals surface area contributed by atoms with Crippen LogP contribution in [-0.2, 0) is 4.79 Å². The normalized spacial score (nSPS) is 22.1. The van der Waals surface area contributed by atoms with Gasteiger partial charge in [-0.1, -0.05) is 12.2 Å². The molecule has 1 aliphatic carbocycles. The van der Waals surface area contributed by atoms with Crippen LogP contribution in [0.5, 0.6) is 0 Å². The number of hydrogen-bond acceptors (Lipinski definition) is 5. The van der Waals surface area contributed by atoms with Gasteiger partial charge in [-0.25, -0.2) is 15.0 Å². The highest BCUT2D eigenvalue weighted by molar-refractivity contribution is 5.81. The smallest absolute Gasteiger partial charge is 0.303 e. The van der Waals surface area contributed by atoms with Crippen LogP contribution in [0, 0.1) is 5.92 Å². The van der Waals surface area contributed by atoms with Crippen molar-refractivity contribution in [2.45, 2.75) is 18.9 Å². The highest BCUT2D eigenvalue weighted by Gasteiger charge is 2.24. The zero-order valence-corrected chi connectivity index (χ0v) is 10.1. The monoisotopic (exact) mass is 259 g/mol. The first-order chi connectivity index (χ1) is 9.15. The fourth-order valence-electron chi connectivity index (χ4n) is 2.45. The van der Waals surface area contributed by atoms with Gasteiger partial charge in [-0.05, 0) is 12.3 Å². The minimum absolute atomic E-state index is 0.0548. The van der Waals surface area contributed by atoms with E-state index in [0.717, 1.165) is 6.42 Å². The fourth-order valence-corrected chi connectivity index (χ4v) is 2.45. The van der Waals surface area contributed by atoms with Gasteiger partial charge in [0.2, 0.25) is 0 Å². The maximum atomic E-state index is 10.7. The number of nitrogen functional groups attached to an aromatic ring is 1. The number of fused-ring (bicyclic) bond motifs is 1. The lowest BCUT2D eigenvalue weighted by molar-refractivity contribution is -0.137. The largest absolute Gasteiger partial charge is 0.481 e. The van der Waals surface area contributed by atoms with Crippen molar-refractivity contribution >= 4 is 23.0 Å². The van der Waals surface area contributed by atoms with Crippen molar-refractivity contribution in [1.29, 1.82) is 0 Å². The zero-order valence-electron chi connectivity index (χ0n) is 10.1. The molecule has 0 aliphatic heterocycles. The number of rotatable bonds is 3. The van der Waals surface area contributed by atoms with Crippen LogP contribution in [0.3, 0.4) is 0 Å². The van der Waals surface area contributed by atoms with Crippen molar-refractivity contribution < 1.29 is 9.90 Å². The second-order valence-electron chi connectivity index (χ2n) is 4.63. The number of allylic oxidation sites excluding steroid dienone is 2. The molecule has 0 saturated carbocycles. The Kier molecular flexibility index (Phi) is 2.66. The van der Waals surface area contributed by atoms with E-state index in [0.29, 0.717) is 17.0 Å². The molecule has 0 saturated heterocycles. The highest BCUT2D eigenvalue weighted by atomic mass is 16.4. The van der Waals surface area contributed by atoms with Gasteiger partial charge in [0.05, 0.1) is 18.8 Å². The number of carbonyl (C=O) groups is 1. The van der Waals surface area contributed by atoms with Gasteiger partial charge in [-0.2, -0.15) is 0 Å². The number of aromatic nitrogens is 4. The molecule has 2 heterocycles. The zero-order chi connectivity index (χ0) is 13.4. The predicted octanol–water partition coefficient (Wildman–Crippen LogP) is 1.00. The lowest BCUT2D eigenvalue weighted by Crippen LogP contribution is -2.08. The number of nitrogens with zero attached hydrogens (tertiary/aromatic N) is 4. The first-order valence-electron chi connectivity index (χ1n) is 5.98. The Morgan fingerprint density at radius 3 is 3.05 bits per heavy atom. The molecule has 0 unspecified atom stereocenters. The Hall–Kier alpha value is -2.44. The first-order valence-corrected chi connectivity index (χ1v) is 5.98. The Balaban J connectivity index is 1.89. The van der Waals surface area contributed by atoms with Crippen molar-refractivity contribution in [2.24, 2.45) is 5.92 Å².